The number of aromatic amines is 1. The van der Waals surface area contributed by atoms with Gasteiger partial charge in [0, 0.05) is 62.3 Å². The van der Waals surface area contributed by atoms with Gasteiger partial charge in [0.15, 0.2) is 5.78 Å². The van der Waals surface area contributed by atoms with E-state index < -0.39 is 5.41 Å². The van der Waals surface area contributed by atoms with Crippen LogP contribution in [0.1, 0.15) is 61.3 Å². The number of amides is 2. The van der Waals surface area contributed by atoms with Gasteiger partial charge in [0.1, 0.15) is 5.82 Å². The van der Waals surface area contributed by atoms with Crippen LogP contribution in [-0.4, -0.2) is 57.8 Å². The normalized spacial score (nSPS) is 23.2. The van der Waals surface area contributed by atoms with Gasteiger partial charge in [-0.05, 0) is 44.0 Å². The molecule has 0 bridgehead atoms. The number of fused-ring (bicyclic) bond motifs is 1. The zero-order chi connectivity index (χ0) is 27.0. The fourth-order valence-electron chi connectivity index (χ4n) is 5.90. The second-order valence-electron chi connectivity index (χ2n) is 10.9. The van der Waals surface area contributed by atoms with Crippen LogP contribution in [0, 0.1) is 5.41 Å². The number of nitrogens with zero attached hydrogens (tertiary/aromatic N) is 2. The van der Waals surface area contributed by atoms with E-state index in [1.165, 1.54) is 6.92 Å². The third-order valence-corrected chi connectivity index (χ3v) is 7.38. The Morgan fingerprint density at radius 2 is 1.84 bits per heavy atom. The highest BCUT2D eigenvalue weighted by molar-refractivity contribution is 6.05. The first-order valence-electron chi connectivity index (χ1n) is 13.1. The topological polar surface area (TPSA) is 104 Å². The Hall–Kier alpha value is -3.78. The van der Waals surface area contributed by atoms with E-state index in [4.69, 9.17) is 4.74 Å². The maximum absolute atomic E-state index is 13.8. The molecule has 2 aliphatic rings. The lowest BCUT2D eigenvalue weighted by atomic mass is 9.72. The molecule has 2 aromatic heterocycles. The Labute approximate surface area is 222 Å². The number of hydrogen-bond acceptors (Lipinski definition) is 5. The van der Waals surface area contributed by atoms with E-state index >= 15 is 0 Å². The highest BCUT2D eigenvalue weighted by atomic mass is 16.5. The summed E-state index contributed by atoms with van der Waals surface area (Å²) in [6.07, 6.45) is 2.72. The quantitative estimate of drug-likeness (QED) is 0.525. The van der Waals surface area contributed by atoms with Crippen molar-refractivity contribution in [3.63, 3.8) is 0 Å². The highest BCUT2D eigenvalue weighted by Crippen LogP contribution is 2.42. The number of carbonyl (C=O) groups is 3. The molecule has 1 aliphatic heterocycles. The van der Waals surface area contributed by atoms with Gasteiger partial charge in [-0.3, -0.25) is 14.4 Å². The van der Waals surface area contributed by atoms with Crippen LogP contribution in [0.15, 0.2) is 48.7 Å². The Bertz CT molecular complexity index is 1370. The van der Waals surface area contributed by atoms with Crippen molar-refractivity contribution in [3.05, 3.63) is 71.0 Å². The zero-order valence-corrected chi connectivity index (χ0v) is 22.3. The Morgan fingerprint density at radius 1 is 1.13 bits per heavy atom. The molecule has 1 saturated heterocycles. The summed E-state index contributed by atoms with van der Waals surface area (Å²) in [6.45, 7) is 8.34. The minimum atomic E-state index is -0.841. The maximum Gasteiger partial charge on any atom is 0.229 e. The summed E-state index contributed by atoms with van der Waals surface area (Å²) >= 11 is 0. The number of Topliss-reactive ketones (excluding diaryl/α,β-unsaturated/α-hetero) is 1. The van der Waals surface area contributed by atoms with Crippen molar-refractivity contribution in [1.29, 1.82) is 0 Å². The average molecular weight is 515 g/mol. The van der Waals surface area contributed by atoms with Crippen molar-refractivity contribution in [2.24, 2.45) is 5.41 Å². The minimum absolute atomic E-state index is 0.00360. The summed E-state index contributed by atoms with van der Waals surface area (Å²) < 4.78 is 5.82. The summed E-state index contributed by atoms with van der Waals surface area (Å²) in [4.78, 5) is 48.8. The number of morpholine rings is 1. The molecule has 3 atom stereocenters. The van der Waals surface area contributed by atoms with Crippen LogP contribution in [0.2, 0.25) is 0 Å². The average Bonchev–Trinajstić information content (AvgIpc) is 3.21. The van der Waals surface area contributed by atoms with Gasteiger partial charge < -0.3 is 19.9 Å². The number of carbonyl (C=O) groups excluding carboxylic acids is 3. The molecule has 1 unspecified atom stereocenters. The largest absolute Gasteiger partial charge is 0.372 e. The van der Waals surface area contributed by atoms with E-state index in [2.05, 4.69) is 15.3 Å². The fraction of sp³-hybridized carbons (Fsp3) is 0.400. The van der Waals surface area contributed by atoms with Crippen molar-refractivity contribution in [2.45, 2.75) is 59.2 Å². The van der Waals surface area contributed by atoms with Crippen LogP contribution in [0.25, 0.3) is 11.3 Å². The van der Waals surface area contributed by atoms with Gasteiger partial charge >= 0.3 is 0 Å². The molecule has 2 N–H and O–H groups in total. The maximum atomic E-state index is 13.8. The van der Waals surface area contributed by atoms with Crippen molar-refractivity contribution >= 4 is 23.4 Å². The summed E-state index contributed by atoms with van der Waals surface area (Å²) in [6, 6.07) is 13.7. The summed E-state index contributed by atoms with van der Waals surface area (Å²) in [7, 11) is 0. The van der Waals surface area contributed by atoms with E-state index in [0.29, 0.717) is 37.3 Å². The van der Waals surface area contributed by atoms with Crippen LogP contribution >= 0.6 is 0 Å². The van der Waals surface area contributed by atoms with Gasteiger partial charge in [-0.25, -0.2) is 4.98 Å². The van der Waals surface area contributed by atoms with Crippen LogP contribution in [0.4, 0.5) is 5.82 Å². The molecule has 0 spiro atoms. The Morgan fingerprint density at radius 3 is 2.53 bits per heavy atom. The summed E-state index contributed by atoms with van der Waals surface area (Å²) in [5.41, 5.74) is 4.24. The second-order valence-corrected chi connectivity index (χ2v) is 10.9. The lowest BCUT2D eigenvalue weighted by Gasteiger charge is -2.41. The van der Waals surface area contributed by atoms with Crippen molar-refractivity contribution in [2.75, 3.05) is 18.4 Å². The van der Waals surface area contributed by atoms with Gasteiger partial charge in [0.25, 0.3) is 0 Å². The molecule has 2 amide bonds. The number of rotatable bonds is 5. The van der Waals surface area contributed by atoms with Crippen LogP contribution < -0.4 is 5.32 Å². The first-order valence-corrected chi connectivity index (χ1v) is 13.1. The molecule has 0 saturated carbocycles. The Kier molecular flexibility index (Phi) is 6.92. The molecule has 3 heterocycles. The number of ketones is 1. The molecule has 8 nitrogen and oxygen atoms in total. The van der Waals surface area contributed by atoms with Gasteiger partial charge in [-0.2, -0.15) is 0 Å². The number of anilines is 1. The van der Waals surface area contributed by atoms with Crippen LogP contribution in [0.5, 0.6) is 0 Å². The van der Waals surface area contributed by atoms with E-state index in [1.54, 1.807) is 12.3 Å². The predicted molar refractivity (Wildman–Crippen MR) is 145 cm³/mol. The molecule has 1 fully saturated rings. The molecular weight excluding hydrogens is 480 g/mol. The third kappa shape index (κ3) is 5.13. The van der Waals surface area contributed by atoms with Gasteiger partial charge in [0.2, 0.25) is 11.8 Å². The molecule has 198 valence electrons. The number of aromatic nitrogens is 2. The third-order valence-electron chi connectivity index (χ3n) is 7.38. The van der Waals surface area contributed by atoms with E-state index in [0.717, 1.165) is 28.1 Å². The number of hydrogen-bond donors (Lipinski definition) is 2. The van der Waals surface area contributed by atoms with E-state index in [1.807, 2.05) is 62.1 Å². The SMILES string of the molecule is CC(=O)Nc1cc(-c2[nH]c3c(c2Cc2ccccc2)C(=O)CC(C)(C(=O)N2C[C@@H](C)O[C@@H](C)C2)C3)ccn1. The zero-order valence-electron chi connectivity index (χ0n) is 22.3. The van der Waals surface area contributed by atoms with Gasteiger partial charge in [-0.1, -0.05) is 30.3 Å². The molecule has 3 aromatic rings. The fourth-order valence-corrected chi connectivity index (χ4v) is 5.90. The number of nitrogens with one attached hydrogen (secondary N) is 2. The van der Waals surface area contributed by atoms with Crippen molar-refractivity contribution < 1.29 is 19.1 Å². The number of pyridine rings is 1. The van der Waals surface area contributed by atoms with Crippen molar-refractivity contribution in [3.8, 4) is 11.3 Å². The molecule has 1 aromatic carbocycles. The predicted octanol–water partition coefficient (Wildman–Crippen LogP) is 4.40. The second kappa shape index (κ2) is 10.2. The Balaban J connectivity index is 1.55. The first-order chi connectivity index (χ1) is 18.1. The molecule has 8 heteroatoms. The minimum Gasteiger partial charge on any atom is -0.372 e. The summed E-state index contributed by atoms with van der Waals surface area (Å²) in [5.74, 6) is 0.202. The standard InChI is InChI=1S/C30H34N4O4/c1-18-16-34(17-19(2)38-18)29(37)30(4)14-24-27(25(36)15-30)23(12-21-8-6-5-7-9-21)28(33-24)22-10-11-31-26(13-22)32-20(3)35/h5-11,13,18-19,33H,12,14-17H2,1-4H3,(H,31,32,35)/t18-,19+,30?. The van der Waals surface area contributed by atoms with E-state index in [-0.39, 0.29) is 36.2 Å². The van der Waals surface area contributed by atoms with Crippen LogP contribution in [0.3, 0.4) is 0 Å². The monoisotopic (exact) mass is 514 g/mol. The number of ether oxygens (including phenoxy) is 1. The number of H-pyrrole nitrogens is 1. The highest BCUT2D eigenvalue weighted by Gasteiger charge is 2.46. The van der Waals surface area contributed by atoms with Crippen LogP contribution in [-0.2, 0) is 27.2 Å². The van der Waals surface area contributed by atoms with Gasteiger partial charge in [0.05, 0.1) is 23.3 Å². The molecule has 5 rings (SSSR count). The lowest BCUT2D eigenvalue weighted by molar-refractivity contribution is -0.153. The molecule has 1 aliphatic carbocycles. The molecule has 0 radical (unpaired) electrons. The molecular formula is C30H34N4O4. The molecule has 38 heavy (non-hydrogen) atoms. The first kappa shape index (κ1) is 25.9. The lowest BCUT2D eigenvalue weighted by Crippen LogP contribution is -2.54. The van der Waals surface area contributed by atoms with Gasteiger partial charge in [-0.15, -0.1) is 0 Å². The van der Waals surface area contributed by atoms with Crippen molar-refractivity contribution in [1.82, 2.24) is 14.9 Å². The number of benzene rings is 1. The smallest absolute Gasteiger partial charge is 0.229 e. The summed E-state index contributed by atoms with van der Waals surface area (Å²) in [5, 5.41) is 2.73. The van der Waals surface area contributed by atoms with E-state index in [9.17, 15) is 14.4 Å².